The lowest BCUT2D eigenvalue weighted by Gasteiger charge is -2.14. The van der Waals surface area contributed by atoms with Crippen LogP contribution in [0.4, 0.5) is 5.69 Å². The predicted molar refractivity (Wildman–Crippen MR) is 117 cm³/mol. The van der Waals surface area contributed by atoms with Crippen LogP contribution >= 0.6 is 0 Å². The summed E-state index contributed by atoms with van der Waals surface area (Å²) in [7, 11) is 0. The van der Waals surface area contributed by atoms with Crippen LogP contribution in [0, 0.1) is 0 Å². The van der Waals surface area contributed by atoms with Gasteiger partial charge in [-0.05, 0) is 30.7 Å². The van der Waals surface area contributed by atoms with Crippen LogP contribution in [0.2, 0.25) is 0 Å². The van der Waals surface area contributed by atoms with E-state index in [-0.39, 0.29) is 5.56 Å². The topological polar surface area (TPSA) is 100 Å². The van der Waals surface area contributed by atoms with Crippen LogP contribution in [0.15, 0.2) is 75.4 Å². The zero-order valence-corrected chi connectivity index (χ0v) is 16.0. The Morgan fingerprint density at radius 2 is 1.83 bits per heavy atom. The molecule has 1 aliphatic rings. The Morgan fingerprint density at radius 1 is 1.03 bits per heavy atom. The highest BCUT2D eigenvalue weighted by atomic mass is 16.3. The summed E-state index contributed by atoms with van der Waals surface area (Å²) in [5.41, 5.74) is 2.41. The number of nitrogens with one attached hydrogen (secondary N) is 1. The Kier molecular flexibility index (Phi) is 3.96. The molecule has 2 aromatic heterocycles. The first kappa shape index (κ1) is 17.8. The lowest BCUT2D eigenvalue weighted by Crippen LogP contribution is -2.31. The normalized spacial score (nSPS) is 14.2. The molecule has 0 spiro atoms. The van der Waals surface area contributed by atoms with E-state index in [0.29, 0.717) is 22.4 Å². The van der Waals surface area contributed by atoms with Crippen molar-refractivity contribution in [2.45, 2.75) is 6.92 Å². The third-order valence-electron chi connectivity index (χ3n) is 5.24. The maximum atomic E-state index is 12.7. The van der Waals surface area contributed by atoms with Crippen LogP contribution in [0.1, 0.15) is 18.1 Å². The van der Waals surface area contributed by atoms with E-state index in [1.807, 2.05) is 36.4 Å². The Balaban J connectivity index is 1.81. The van der Waals surface area contributed by atoms with E-state index in [0.717, 1.165) is 21.2 Å². The van der Waals surface area contributed by atoms with Crippen molar-refractivity contribution in [1.29, 1.82) is 0 Å². The highest BCUT2D eigenvalue weighted by Crippen LogP contribution is 2.37. The Bertz CT molecular complexity index is 1500. The molecule has 1 aliphatic heterocycles. The molecule has 30 heavy (non-hydrogen) atoms. The molecule has 0 bridgehead atoms. The van der Waals surface area contributed by atoms with E-state index in [2.05, 4.69) is 15.0 Å². The second-order valence-electron chi connectivity index (χ2n) is 6.96. The number of H-pyrrole nitrogens is 1. The Morgan fingerprint density at radius 3 is 2.70 bits per heavy atom. The molecule has 0 saturated heterocycles. The van der Waals surface area contributed by atoms with E-state index in [9.17, 15) is 14.7 Å². The van der Waals surface area contributed by atoms with Crippen LogP contribution < -0.4 is 11.2 Å². The number of aromatic amines is 1. The molecule has 4 aromatic rings. The summed E-state index contributed by atoms with van der Waals surface area (Å²) in [6, 6.07) is 16.5. The van der Waals surface area contributed by atoms with Gasteiger partial charge in [0.1, 0.15) is 5.56 Å². The predicted octanol–water partition coefficient (Wildman–Crippen LogP) is 3.43. The van der Waals surface area contributed by atoms with Crippen molar-refractivity contribution in [3.8, 4) is 11.6 Å². The van der Waals surface area contributed by atoms with Gasteiger partial charge >= 0.3 is 5.69 Å². The van der Waals surface area contributed by atoms with Gasteiger partial charge in [-0.1, -0.05) is 36.4 Å². The summed E-state index contributed by atoms with van der Waals surface area (Å²) in [5.74, 6) is -0.440. The second-order valence-corrected chi connectivity index (χ2v) is 6.96. The minimum atomic E-state index is -0.738. The van der Waals surface area contributed by atoms with Crippen molar-refractivity contribution in [1.82, 2.24) is 14.5 Å². The fraction of sp³-hybridized carbons (Fsp3) is 0.0435. The number of aromatic nitrogens is 3. The molecule has 3 heterocycles. The van der Waals surface area contributed by atoms with Crippen molar-refractivity contribution in [2.24, 2.45) is 4.99 Å². The van der Waals surface area contributed by atoms with Gasteiger partial charge in [0, 0.05) is 28.9 Å². The summed E-state index contributed by atoms with van der Waals surface area (Å²) in [4.78, 5) is 36.4. The molecule has 146 valence electrons. The van der Waals surface area contributed by atoms with Gasteiger partial charge in [-0.2, -0.15) is 0 Å². The number of hydrogen-bond donors (Lipinski definition) is 2. The van der Waals surface area contributed by atoms with E-state index in [4.69, 9.17) is 0 Å². The van der Waals surface area contributed by atoms with E-state index in [1.165, 1.54) is 0 Å². The summed E-state index contributed by atoms with van der Waals surface area (Å²) in [5, 5.41) is 11.9. The molecule has 5 rings (SSSR count). The SMILES string of the molecule is CC(=C1C=Nc2ccccc21)c1c(O)n(-c2cccc3cccnc23)c(=O)[nH]c1=O. The molecule has 7 heteroatoms. The first-order chi connectivity index (χ1) is 14.6. The third-order valence-corrected chi connectivity index (χ3v) is 5.24. The minimum absolute atomic E-state index is 0.0145. The molecule has 0 amide bonds. The molecule has 0 atom stereocenters. The molecule has 0 radical (unpaired) electrons. The van der Waals surface area contributed by atoms with Crippen molar-refractivity contribution in [3.05, 3.63) is 92.8 Å². The fourth-order valence-corrected chi connectivity index (χ4v) is 3.81. The maximum absolute atomic E-state index is 12.7. The lowest BCUT2D eigenvalue weighted by molar-refractivity contribution is 0.429. The molecule has 2 N–H and O–H groups in total. The number of hydrogen-bond acceptors (Lipinski definition) is 5. The van der Waals surface area contributed by atoms with E-state index < -0.39 is 17.1 Å². The van der Waals surface area contributed by atoms with Crippen LogP contribution in [0.5, 0.6) is 5.88 Å². The highest BCUT2D eigenvalue weighted by Gasteiger charge is 2.22. The Labute approximate surface area is 170 Å². The van der Waals surface area contributed by atoms with Gasteiger partial charge < -0.3 is 5.11 Å². The summed E-state index contributed by atoms with van der Waals surface area (Å²) in [6.07, 6.45) is 3.27. The van der Waals surface area contributed by atoms with E-state index in [1.54, 1.807) is 37.5 Å². The number of aromatic hydroxyl groups is 1. The molecule has 0 unspecified atom stereocenters. The van der Waals surface area contributed by atoms with Gasteiger partial charge in [-0.15, -0.1) is 0 Å². The fourth-order valence-electron chi connectivity index (χ4n) is 3.81. The smallest absolute Gasteiger partial charge is 0.335 e. The summed E-state index contributed by atoms with van der Waals surface area (Å²) < 4.78 is 1.08. The average molecular weight is 396 g/mol. The molecule has 0 aliphatic carbocycles. The summed E-state index contributed by atoms with van der Waals surface area (Å²) in [6.45, 7) is 1.73. The number of allylic oxidation sites excluding steroid dienone is 2. The standard InChI is InChI=1S/C23H16N4O3/c1-13(16-12-25-17-9-3-2-8-15(16)17)19-21(28)26-23(30)27(22(19)29)18-10-4-6-14-7-5-11-24-20(14)18/h2-12,29H,1H3,(H,26,28,30). The number of pyridine rings is 1. The molecule has 7 nitrogen and oxygen atoms in total. The van der Waals surface area contributed by atoms with Crippen molar-refractivity contribution < 1.29 is 5.11 Å². The molecule has 0 saturated carbocycles. The average Bonchev–Trinajstić information content (AvgIpc) is 3.18. The maximum Gasteiger partial charge on any atom is 0.335 e. The van der Waals surface area contributed by atoms with E-state index >= 15 is 0 Å². The molecule has 0 fully saturated rings. The van der Waals surface area contributed by atoms with Crippen molar-refractivity contribution in [2.75, 3.05) is 0 Å². The van der Waals surface area contributed by atoms with Crippen LogP contribution in [0.25, 0.3) is 27.7 Å². The highest BCUT2D eigenvalue weighted by molar-refractivity contribution is 6.24. The summed E-state index contributed by atoms with van der Waals surface area (Å²) >= 11 is 0. The molecular weight excluding hydrogens is 380 g/mol. The number of nitrogens with zero attached hydrogens (tertiary/aromatic N) is 3. The number of aliphatic imine (C=N–C) groups is 1. The van der Waals surface area contributed by atoms with Crippen LogP contribution in [0.3, 0.4) is 0 Å². The van der Waals surface area contributed by atoms with Gasteiger partial charge in [0.2, 0.25) is 5.88 Å². The third kappa shape index (κ3) is 2.60. The largest absolute Gasteiger partial charge is 0.494 e. The van der Waals surface area contributed by atoms with Gasteiger partial charge in [0.15, 0.2) is 0 Å². The number of para-hydroxylation sites is 2. The molecule has 2 aromatic carbocycles. The van der Waals surface area contributed by atoms with Crippen molar-refractivity contribution in [3.63, 3.8) is 0 Å². The van der Waals surface area contributed by atoms with Crippen molar-refractivity contribution >= 4 is 34.0 Å². The van der Waals surface area contributed by atoms with Gasteiger partial charge in [0.25, 0.3) is 5.56 Å². The minimum Gasteiger partial charge on any atom is -0.494 e. The number of fused-ring (bicyclic) bond motifs is 2. The number of benzene rings is 2. The van der Waals surface area contributed by atoms with Gasteiger partial charge in [-0.3, -0.25) is 19.8 Å². The lowest BCUT2D eigenvalue weighted by atomic mass is 9.98. The first-order valence-corrected chi connectivity index (χ1v) is 9.33. The zero-order valence-electron chi connectivity index (χ0n) is 16.0. The quantitative estimate of drug-likeness (QED) is 0.542. The van der Waals surface area contributed by atoms with Gasteiger partial charge in [-0.25, -0.2) is 9.36 Å². The first-order valence-electron chi connectivity index (χ1n) is 9.33. The zero-order chi connectivity index (χ0) is 20.8. The van der Waals surface area contributed by atoms with Gasteiger partial charge in [0.05, 0.1) is 16.9 Å². The van der Waals surface area contributed by atoms with Crippen LogP contribution in [-0.2, 0) is 0 Å². The Hall–Kier alpha value is -4.26. The monoisotopic (exact) mass is 396 g/mol. The molecular formula is C23H16N4O3. The number of rotatable bonds is 2. The van der Waals surface area contributed by atoms with Crippen LogP contribution in [-0.4, -0.2) is 25.9 Å². The second kappa shape index (κ2) is 6.66.